The molecule has 0 spiro atoms. The molecule has 1 unspecified atom stereocenters. The minimum Gasteiger partial charge on any atom is -0.447 e. The first kappa shape index (κ1) is 17.1. The van der Waals surface area contributed by atoms with Crippen molar-refractivity contribution >= 4 is 11.9 Å². The largest absolute Gasteiger partial charge is 0.447 e. The summed E-state index contributed by atoms with van der Waals surface area (Å²) in [6.07, 6.45) is -3.49. The summed E-state index contributed by atoms with van der Waals surface area (Å²) in [5.74, 6) is -1.30. The molecule has 1 amide bonds. The van der Waals surface area contributed by atoms with Gasteiger partial charge in [0.1, 0.15) is 12.6 Å². The second-order valence-electron chi connectivity index (χ2n) is 5.84. The Balaban J connectivity index is 1.94. The molecule has 1 fully saturated rings. The molecule has 25 heavy (non-hydrogen) atoms. The number of amides is 1. The standard InChI is InChI=1S/C19H17F2NO3/c20-18(21)17(23)16(14-9-5-2-6-10-14)22-15(12-25-19(22)24)11-13-7-3-1-4-8-13/h1-10,15-16,18H,11-12H2/t15-,16?/m0/s1. The van der Waals surface area contributed by atoms with Crippen LogP contribution in [0.3, 0.4) is 0 Å². The predicted molar refractivity (Wildman–Crippen MR) is 87.3 cm³/mol. The number of benzene rings is 2. The summed E-state index contributed by atoms with van der Waals surface area (Å²) in [6, 6.07) is 15.7. The van der Waals surface area contributed by atoms with Crippen molar-refractivity contribution in [3.63, 3.8) is 0 Å². The topological polar surface area (TPSA) is 46.6 Å². The van der Waals surface area contributed by atoms with Gasteiger partial charge in [0.15, 0.2) is 0 Å². The summed E-state index contributed by atoms with van der Waals surface area (Å²) in [5, 5.41) is 0. The highest BCUT2D eigenvalue weighted by molar-refractivity contribution is 5.91. The summed E-state index contributed by atoms with van der Waals surface area (Å²) >= 11 is 0. The van der Waals surface area contributed by atoms with Crippen LogP contribution < -0.4 is 0 Å². The van der Waals surface area contributed by atoms with E-state index in [0.29, 0.717) is 12.0 Å². The Morgan fingerprint density at radius 2 is 1.68 bits per heavy atom. The maximum absolute atomic E-state index is 13.2. The first-order valence-corrected chi connectivity index (χ1v) is 7.93. The third-order valence-corrected chi connectivity index (χ3v) is 4.20. The van der Waals surface area contributed by atoms with E-state index in [0.717, 1.165) is 10.5 Å². The Bertz CT molecular complexity index is 737. The van der Waals surface area contributed by atoms with Gasteiger partial charge in [-0.3, -0.25) is 9.69 Å². The number of carbonyl (C=O) groups excluding carboxylic acids is 2. The van der Waals surface area contributed by atoms with Crippen LogP contribution in [0.25, 0.3) is 0 Å². The fourth-order valence-electron chi connectivity index (χ4n) is 3.05. The van der Waals surface area contributed by atoms with Crippen LogP contribution in [0, 0.1) is 0 Å². The first-order chi connectivity index (χ1) is 12.1. The molecule has 0 radical (unpaired) electrons. The number of hydrogen-bond donors (Lipinski definition) is 0. The third-order valence-electron chi connectivity index (χ3n) is 4.20. The highest BCUT2D eigenvalue weighted by atomic mass is 19.3. The van der Waals surface area contributed by atoms with Crippen molar-refractivity contribution < 1.29 is 23.1 Å². The van der Waals surface area contributed by atoms with E-state index in [2.05, 4.69) is 0 Å². The number of alkyl halides is 2. The van der Waals surface area contributed by atoms with Crippen molar-refractivity contribution in [1.82, 2.24) is 4.90 Å². The van der Waals surface area contributed by atoms with Gasteiger partial charge in [0, 0.05) is 0 Å². The Labute approximate surface area is 144 Å². The molecule has 130 valence electrons. The van der Waals surface area contributed by atoms with Gasteiger partial charge in [-0.1, -0.05) is 60.7 Å². The predicted octanol–water partition coefficient (Wildman–Crippen LogP) is 3.63. The molecule has 4 nitrogen and oxygen atoms in total. The number of cyclic esters (lactones) is 1. The molecule has 0 aromatic heterocycles. The summed E-state index contributed by atoms with van der Waals surface area (Å²) in [4.78, 5) is 25.5. The summed E-state index contributed by atoms with van der Waals surface area (Å²) in [7, 11) is 0. The van der Waals surface area contributed by atoms with E-state index < -0.39 is 30.4 Å². The minimum absolute atomic E-state index is 0.0631. The minimum atomic E-state index is -3.17. The number of rotatable bonds is 6. The molecule has 1 aliphatic rings. The lowest BCUT2D eigenvalue weighted by molar-refractivity contribution is -0.134. The number of ether oxygens (including phenoxy) is 1. The van der Waals surface area contributed by atoms with Crippen LogP contribution in [0.1, 0.15) is 17.2 Å². The van der Waals surface area contributed by atoms with Crippen LogP contribution in [0.15, 0.2) is 60.7 Å². The van der Waals surface area contributed by atoms with E-state index in [1.54, 1.807) is 30.3 Å². The molecular weight excluding hydrogens is 328 g/mol. The lowest BCUT2D eigenvalue weighted by atomic mass is 9.98. The second kappa shape index (κ2) is 7.42. The molecule has 2 aromatic rings. The van der Waals surface area contributed by atoms with Crippen molar-refractivity contribution in [3.05, 3.63) is 71.8 Å². The van der Waals surface area contributed by atoms with Crippen molar-refractivity contribution in [2.24, 2.45) is 0 Å². The van der Waals surface area contributed by atoms with E-state index in [4.69, 9.17) is 4.74 Å². The van der Waals surface area contributed by atoms with Crippen molar-refractivity contribution in [1.29, 1.82) is 0 Å². The third kappa shape index (κ3) is 3.68. The van der Waals surface area contributed by atoms with E-state index in [1.165, 1.54) is 0 Å². The van der Waals surface area contributed by atoms with Gasteiger partial charge in [-0.25, -0.2) is 13.6 Å². The molecule has 1 heterocycles. The molecule has 2 aromatic carbocycles. The maximum atomic E-state index is 13.2. The van der Waals surface area contributed by atoms with Crippen LogP contribution in [-0.2, 0) is 16.0 Å². The molecule has 2 atom stereocenters. The fraction of sp³-hybridized carbons (Fsp3) is 0.263. The van der Waals surface area contributed by atoms with Gasteiger partial charge in [0.05, 0.1) is 6.04 Å². The molecule has 0 N–H and O–H groups in total. The molecule has 0 bridgehead atoms. The maximum Gasteiger partial charge on any atom is 0.411 e. The Morgan fingerprint density at radius 3 is 2.28 bits per heavy atom. The van der Waals surface area contributed by atoms with Crippen LogP contribution in [0.2, 0.25) is 0 Å². The zero-order valence-electron chi connectivity index (χ0n) is 13.3. The smallest absolute Gasteiger partial charge is 0.411 e. The highest BCUT2D eigenvalue weighted by Crippen LogP contribution is 2.31. The monoisotopic (exact) mass is 345 g/mol. The highest BCUT2D eigenvalue weighted by Gasteiger charge is 2.44. The number of ketones is 1. The average molecular weight is 345 g/mol. The number of nitrogens with zero attached hydrogens (tertiary/aromatic N) is 1. The van der Waals surface area contributed by atoms with Crippen LogP contribution >= 0.6 is 0 Å². The zero-order valence-corrected chi connectivity index (χ0v) is 13.3. The van der Waals surface area contributed by atoms with Gasteiger partial charge < -0.3 is 4.74 Å². The molecule has 0 aliphatic carbocycles. The van der Waals surface area contributed by atoms with E-state index >= 15 is 0 Å². The van der Waals surface area contributed by atoms with Gasteiger partial charge >= 0.3 is 6.09 Å². The molecular formula is C19H17F2NO3. The Morgan fingerprint density at radius 1 is 1.08 bits per heavy atom. The van der Waals surface area contributed by atoms with Crippen LogP contribution in [0.5, 0.6) is 0 Å². The summed E-state index contributed by atoms with van der Waals surface area (Å²) in [5.41, 5.74) is 1.29. The van der Waals surface area contributed by atoms with Crippen LogP contribution in [0.4, 0.5) is 13.6 Å². The number of Topliss-reactive ketones (excluding diaryl/α,β-unsaturated/α-hetero) is 1. The van der Waals surface area contributed by atoms with Gasteiger partial charge in [-0.2, -0.15) is 0 Å². The molecule has 0 saturated carbocycles. The molecule has 1 aliphatic heterocycles. The van der Waals surface area contributed by atoms with E-state index in [9.17, 15) is 18.4 Å². The van der Waals surface area contributed by atoms with Crippen molar-refractivity contribution in [2.45, 2.75) is 24.9 Å². The van der Waals surface area contributed by atoms with E-state index in [1.807, 2.05) is 30.3 Å². The average Bonchev–Trinajstić information content (AvgIpc) is 2.97. The summed E-state index contributed by atoms with van der Waals surface area (Å²) < 4.78 is 31.4. The molecule has 3 rings (SSSR count). The van der Waals surface area contributed by atoms with Crippen molar-refractivity contribution in [3.8, 4) is 0 Å². The van der Waals surface area contributed by atoms with Crippen molar-refractivity contribution in [2.75, 3.05) is 6.61 Å². The quantitative estimate of drug-likeness (QED) is 0.803. The number of halogens is 2. The number of carbonyl (C=O) groups is 2. The lowest BCUT2D eigenvalue weighted by Crippen LogP contribution is -2.43. The van der Waals surface area contributed by atoms with E-state index in [-0.39, 0.29) is 6.61 Å². The normalized spacial score (nSPS) is 18.3. The first-order valence-electron chi connectivity index (χ1n) is 7.93. The van der Waals surface area contributed by atoms with Gasteiger partial charge in [0.2, 0.25) is 5.78 Å². The van der Waals surface area contributed by atoms with Crippen LogP contribution in [-0.4, -0.2) is 35.9 Å². The number of hydrogen-bond acceptors (Lipinski definition) is 3. The van der Waals surface area contributed by atoms with Gasteiger partial charge in [-0.15, -0.1) is 0 Å². The van der Waals surface area contributed by atoms with Gasteiger partial charge in [0.25, 0.3) is 6.43 Å². The second-order valence-corrected chi connectivity index (χ2v) is 5.84. The lowest BCUT2D eigenvalue weighted by Gasteiger charge is -2.30. The van der Waals surface area contributed by atoms with Gasteiger partial charge in [-0.05, 0) is 17.5 Å². The SMILES string of the molecule is O=C(C(F)F)C(c1ccccc1)N1C(=O)OC[C@@H]1Cc1ccccc1. The Hall–Kier alpha value is -2.76. The molecule has 1 saturated heterocycles. The molecule has 6 heteroatoms. The fourth-order valence-corrected chi connectivity index (χ4v) is 3.05. The Kier molecular flexibility index (Phi) is 5.07. The summed E-state index contributed by atoms with van der Waals surface area (Å²) in [6.45, 7) is 0.0631. The zero-order chi connectivity index (χ0) is 17.8.